The molecule has 0 unspecified atom stereocenters. The van der Waals surface area contributed by atoms with Crippen molar-refractivity contribution in [2.24, 2.45) is 4.99 Å². The Morgan fingerprint density at radius 3 is 2.50 bits per heavy atom. The molecule has 0 saturated carbocycles. The third-order valence-corrected chi connectivity index (χ3v) is 3.87. The first-order valence-electron chi connectivity index (χ1n) is 8.09. The lowest BCUT2D eigenvalue weighted by molar-refractivity contribution is 0.0993. The van der Waals surface area contributed by atoms with E-state index in [2.05, 4.69) is 5.32 Å². The molecule has 24 heavy (non-hydrogen) atoms. The van der Waals surface area contributed by atoms with Crippen molar-refractivity contribution in [1.29, 1.82) is 0 Å². The number of hydrogen-bond acceptors (Lipinski definition) is 4. The number of carbonyl (C=O) groups excluding carboxylic acids is 1. The number of fused-ring (bicyclic) bond motifs is 1. The van der Waals surface area contributed by atoms with Crippen LogP contribution in [0.25, 0.3) is 0 Å². The Hall–Kier alpha value is -2.72. The summed E-state index contributed by atoms with van der Waals surface area (Å²) in [5.74, 6) is 0.0653. The summed E-state index contributed by atoms with van der Waals surface area (Å²) in [7, 11) is 0. The van der Waals surface area contributed by atoms with Crippen LogP contribution in [0.4, 0.5) is 0 Å². The number of aliphatic imine (C=N–C) groups is 1. The Morgan fingerprint density at radius 1 is 1.04 bits per heavy atom. The van der Waals surface area contributed by atoms with Crippen molar-refractivity contribution in [3.8, 4) is 0 Å². The van der Waals surface area contributed by atoms with Gasteiger partial charge in [0, 0.05) is 36.0 Å². The highest BCUT2D eigenvalue weighted by atomic mass is 16.3. The zero-order chi connectivity index (χ0) is 16.8. The Morgan fingerprint density at radius 2 is 1.75 bits per heavy atom. The van der Waals surface area contributed by atoms with E-state index in [1.807, 2.05) is 54.6 Å². The molecule has 0 aliphatic carbocycles. The Balaban J connectivity index is 2.03. The van der Waals surface area contributed by atoms with E-state index in [1.165, 1.54) is 0 Å². The van der Waals surface area contributed by atoms with E-state index in [1.54, 1.807) is 6.20 Å². The van der Waals surface area contributed by atoms with E-state index in [0.717, 1.165) is 16.8 Å². The summed E-state index contributed by atoms with van der Waals surface area (Å²) in [5, 5.41) is 12.0. The number of Topliss-reactive ketones (excluding diaryl/α,β-unsaturated/α-hetero) is 1. The van der Waals surface area contributed by atoms with Gasteiger partial charge >= 0.3 is 0 Å². The van der Waals surface area contributed by atoms with E-state index < -0.39 is 0 Å². The molecule has 4 nitrogen and oxygen atoms in total. The quantitative estimate of drug-likeness (QED) is 0.833. The number of nitrogens with one attached hydrogen (secondary N) is 1. The number of aliphatic hydroxyl groups is 1. The highest BCUT2D eigenvalue weighted by Crippen LogP contribution is 2.24. The summed E-state index contributed by atoms with van der Waals surface area (Å²) in [5.41, 5.74) is 4.08. The van der Waals surface area contributed by atoms with Gasteiger partial charge in [-0.25, -0.2) is 0 Å². The smallest absolute Gasteiger partial charge is 0.169 e. The van der Waals surface area contributed by atoms with Crippen molar-refractivity contribution < 1.29 is 9.90 Å². The minimum absolute atomic E-state index is 0.0653. The van der Waals surface area contributed by atoms with Crippen LogP contribution < -0.4 is 5.32 Å². The number of aliphatic hydroxyl groups excluding tert-OH is 1. The van der Waals surface area contributed by atoms with Crippen molar-refractivity contribution in [2.45, 2.75) is 12.8 Å². The first-order valence-corrected chi connectivity index (χ1v) is 8.09. The van der Waals surface area contributed by atoms with E-state index in [-0.39, 0.29) is 18.8 Å². The molecular weight excluding hydrogens is 300 g/mol. The SMILES string of the molecule is O=C1CC(=CNCCCO)N=C(c2ccccc2)c2ccccc21. The summed E-state index contributed by atoms with van der Waals surface area (Å²) in [6.45, 7) is 0.788. The van der Waals surface area contributed by atoms with Crippen molar-refractivity contribution in [3.63, 3.8) is 0 Å². The predicted molar refractivity (Wildman–Crippen MR) is 95.3 cm³/mol. The van der Waals surface area contributed by atoms with E-state index >= 15 is 0 Å². The first-order chi connectivity index (χ1) is 11.8. The average molecular weight is 320 g/mol. The van der Waals surface area contributed by atoms with Crippen LogP contribution in [0.3, 0.4) is 0 Å². The van der Waals surface area contributed by atoms with Gasteiger partial charge in [-0.15, -0.1) is 0 Å². The van der Waals surface area contributed by atoms with Gasteiger partial charge in [0.25, 0.3) is 0 Å². The van der Waals surface area contributed by atoms with Crippen LogP contribution in [0, 0.1) is 0 Å². The molecule has 122 valence electrons. The van der Waals surface area contributed by atoms with Crippen LogP contribution in [0.1, 0.15) is 34.3 Å². The monoisotopic (exact) mass is 320 g/mol. The average Bonchev–Trinajstić information content (AvgIpc) is 2.77. The number of carbonyl (C=O) groups is 1. The third-order valence-electron chi connectivity index (χ3n) is 3.87. The molecule has 0 bridgehead atoms. The number of rotatable bonds is 5. The molecule has 0 amide bonds. The molecule has 1 aliphatic heterocycles. The molecule has 2 aromatic rings. The zero-order valence-electron chi connectivity index (χ0n) is 13.4. The van der Waals surface area contributed by atoms with Gasteiger partial charge in [-0.2, -0.15) is 0 Å². The fourth-order valence-corrected chi connectivity index (χ4v) is 2.71. The lowest BCUT2D eigenvalue weighted by Crippen LogP contribution is -2.10. The maximum atomic E-state index is 12.6. The van der Waals surface area contributed by atoms with Crippen LogP contribution >= 0.6 is 0 Å². The summed E-state index contributed by atoms with van der Waals surface area (Å²) in [6.07, 6.45) is 2.70. The molecular formula is C20H20N2O2. The van der Waals surface area contributed by atoms with Gasteiger partial charge in [0.2, 0.25) is 0 Å². The second kappa shape index (κ2) is 7.70. The molecule has 2 aromatic carbocycles. The first kappa shape index (κ1) is 16.1. The number of benzene rings is 2. The van der Waals surface area contributed by atoms with E-state index in [4.69, 9.17) is 10.1 Å². The van der Waals surface area contributed by atoms with Crippen LogP contribution in [-0.2, 0) is 0 Å². The zero-order valence-corrected chi connectivity index (χ0v) is 13.4. The molecule has 2 N–H and O–H groups in total. The van der Waals surface area contributed by atoms with E-state index in [0.29, 0.717) is 24.2 Å². The fourth-order valence-electron chi connectivity index (χ4n) is 2.71. The molecule has 0 fully saturated rings. The second-order valence-electron chi connectivity index (χ2n) is 5.64. The molecule has 1 aliphatic rings. The summed E-state index contributed by atoms with van der Waals surface area (Å²) in [6, 6.07) is 17.5. The van der Waals surface area contributed by atoms with Crippen molar-refractivity contribution >= 4 is 11.5 Å². The third kappa shape index (κ3) is 3.60. The number of hydrogen-bond donors (Lipinski definition) is 2. The topological polar surface area (TPSA) is 61.7 Å². The lowest BCUT2D eigenvalue weighted by atomic mass is 9.95. The van der Waals surface area contributed by atoms with Crippen LogP contribution in [0.15, 0.2) is 71.5 Å². The largest absolute Gasteiger partial charge is 0.396 e. The minimum Gasteiger partial charge on any atom is -0.396 e. The Kier molecular flexibility index (Phi) is 5.18. The molecule has 0 saturated heterocycles. The van der Waals surface area contributed by atoms with E-state index in [9.17, 15) is 4.79 Å². The molecule has 0 aromatic heterocycles. The van der Waals surface area contributed by atoms with Gasteiger partial charge in [0.1, 0.15) is 0 Å². The maximum Gasteiger partial charge on any atom is 0.169 e. The minimum atomic E-state index is 0.0653. The molecule has 4 heteroatoms. The predicted octanol–water partition coefficient (Wildman–Crippen LogP) is 2.92. The van der Waals surface area contributed by atoms with Crippen molar-refractivity contribution in [3.05, 3.63) is 83.2 Å². The van der Waals surface area contributed by atoms with Crippen LogP contribution in [-0.4, -0.2) is 29.8 Å². The van der Waals surface area contributed by atoms with Crippen LogP contribution in [0.5, 0.6) is 0 Å². The second-order valence-corrected chi connectivity index (χ2v) is 5.64. The van der Waals surface area contributed by atoms with Crippen molar-refractivity contribution in [1.82, 2.24) is 5.32 Å². The van der Waals surface area contributed by atoms with Gasteiger partial charge < -0.3 is 10.4 Å². The fraction of sp³-hybridized carbons (Fsp3) is 0.200. The molecule has 3 rings (SSSR count). The summed E-state index contributed by atoms with van der Waals surface area (Å²) >= 11 is 0. The number of ketones is 1. The highest BCUT2D eigenvalue weighted by Gasteiger charge is 2.21. The summed E-state index contributed by atoms with van der Waals surface area (Å²) in [4.78, 5) is 17.4. The Labute approximate surface area is 141 Å². The van der Waals surface area contributed by atoms with Gasteiger partial charge in [0.15, 0.2) is 5.78 Å². The maximum absolute atomic E-state index is 12.6. The molecule has 0 radical (unpaired) electrons. The van der Waals surface area contributed by atoms with Gasteiger partial charge in [-0.1, -0.05) is 54.6 Å². The van der Waals surface area contributed by atoms with Gasteiger partial charge in [0.05, 0.1) is 17.8 Å². The number of allylic oxidation sites excluding steroid dienone is 1. The van der Waals surface area contributed by atoms with Gasteiger partial charge in [-0.3, -0.25) is 9.79 Å². The molecule has 1 heterocycles. The van der Waals surface area contributed by atoms with Crippen LogP contribution in [0.2, 0.25) is 0 Å². The van der Waals surface area contributed by atoms with Gasteiger partial charge in [-0.05, 0) is 6.42 Å². The molecule has 0 atom stereocenters. The highest BCUT2D eigenvalue weighted by molar-refractivity contribution is 6.20. The lowest BCUT2D eigenvalue weighted by Gasteiger charge is -2.08. The standard InChI is InChI=1S/C20H20N2O2/c23-12-6-11-21-14-16-13-19(24)17-9-4-5-10-18(17)20(22-16)15-7-2-1-3-8-15/h1-5,7-10,14,21,23H,6,11-13H2. The number of nitrogens with zero attached hydrogens (tertiary/aromatic N) is 1. The van der Waals surface area contributed by atoms with Crippen molar-refractivity contribution in [2.75, 3.05) is 13.2 Å². The molecule has 0 spiro atoms. The summed E-state index contributed by atoms with van der Waals surface area (Å²) < 4.78 is 0. The normalized spacial score (nSPS) is 15.6. The Bertz CT molecular complexity index is 779.